The fourth-order valence-electron chi connectivity index (χ4n) is 2.33. The zero-order valence-electron chi connectivity index (χ0n) is 14.1. The lowest BCUT2D eigenvalue weighted by atomic mass is 10.0. The van der Waals surface area contributed by atoms with E-state index in [9.17, 15) is 13.2 Å². The monoisotopic (exact) mass is 355 g/mol. The fraction of sp³-hybridized carbons (Fsp3) is 0.562. The third-order valence-corrected chi connectivity index (χ3v) is 5.93. The lowest BCUT2D eigenvalue weighted by molar-refractivity contribution is -0.123. The number of amides is 1. The summed E-state index contributed by atoms with van der Waals surface area (Å²) < 4.78 is 31.6. The highest BCUT2D eigenvalue weighted by Gasteiger charge is 2.26. The quantitative estimate of drug-likeness (QED) is 0.764. The predicted octanol–water partition coefficient (Wildman–Crippen LogP) is 0.307. The van der Waals surface area contributed by atoms with Gasteiger partial charge in [0.15, 0.2) is 0 Å². The first kappa shape index (κ1) is 18.9. The zero-order chi connectivity index (χ0) is 17.7. The fourth-order valence-corrected chi connectivity index (χ4v) is 3.73. The van der Waals surface area contributed by atoms with Gasteiger partial charge in [0.1, 0.15) is 0 Å². The molecule has 1 atom stereocenters. The number of nitrogens with two attached hydrogens (primary N) is 1. The number of sulfonamides is 1. The van der Waals surface area contributed by atoms with Crippen LogP contribution < -0.4 is 11.1 Å². The molecular weight excluding hydrogens is 330 g/mol. The maximum absolute atomic E-state index is 12.5. The van der Waals surface area contributed by atoms with Crippen LogP contribution in [0, 0.1) is 5.92 Å². The van der Waals surface area contributed by atoms with Gasteiger partial charge in [-0.25, -0.2) is 8.42 Å². The van der Waals surface area contributed by atoms with Crippen LogP contribution in [0.4, 0.5) is 0 Å². The number of rotatable bonds is 6. The van der Waals surface area contributed by atoms with Crippen LogP contribution in [-0.2, 0) is 26.1 Å². The summed E-state index contributed by atoms with van der Waals surface area (Å²) in [4.78, 5) is 12.1. The standard InChI is InChI=1S/C16H25N3O4S/c1-12(2)15(17)16(20)18-11-13-3-5-14(6-4-13)24(21,22)19-7-9-23-10-8-19/h3-6,12,15H,7-11,17H2,1-2H3,(H,18,20)/t15-/m0/s1. The Bertz CT molecular complexity index is 652. The summed E-state index contributed by atoms with van der Waals surface area (Å²) in [5.74, 6) is -0.152. The number of benzene rings is 1. The van der Waals surface area contributed by atoms with Crippen molar-refractivity contribution >= 4 is 15.9 Å². The molecule has 8 heteroatoms. The Kier molecular flexibility index (Phi) is 6.34. The van der Waals surface area contributed by atoms with Crippen LogP contribution in [0.2, 0.25) is 0 Å². The van der Waals surface area contributed by atoms with Crippen molar-refractivity contribution in [3.05, 3.63) is 29.8 Å². The van der Waals surface area contributed by atoms with Gasteiger partial charge in [-0.05, 0) is 23.6 Å². The Morgan fingerprint density at radius 1 is 1.25 bits per heavy atom. The molecule has 0 saturated carbocycles. The van der Waals surface area contributed by atoms with Crippen molar-refractivity contribution in [1.82, 2.24) is 9.62 Å². The van der Waals surface area contributed by atoms with E-state index in [1.54, 1.807) is 24.3 Å². The second kappa shape index (κ2) is 8.06. The maximum atomic E-state index is 12.5. The number of carbonyl (C=O) groups excluding carboxylic acids is 1. The summed E-state index contributed by atoms with van der Waals surface area (Å²) in [6.45, 7) is 5.65. The van der Waals surface area contributed by atoms with Gasteiger partial charge in [0.2, 0.25) is 15.9 Å². The molecule has 24 heavy (non-hydrogen) atoms. The average molecular weight is 355 g/mol. The molecule has 7 nitrogen and oxygen atoms in total. The Hall–Kier alpha value is -1.48. The summed E-state index contributed by atoms with van der Waals surface area (Å²) in [5.41, 5.74) is 6.60. The third-order valence-electron chi connectivity index (χ3n) is 4.02. The Morgan fingerprint density at radius 3 is 2.38 bits per heavy atom. The van der Waals surface area contributed by atoms with Gasteiger partial charge in [-0.3, -0.25) is 4.79 Å². The first-order valence-corrected chi connectivity index (χ1v) is 9.46. The minimum atomic E-state index is -3.49. The van der Waals surface area contributed by atoms with Crippen molar-refractivity contribution in [1.29, 1.82) is 0 Å². The third kappa shape index (κ3) is 4.54. The molecule has 0 radical (unpaired) electrons. The highest BCUT2D eigenvalue weighted by molar-refractivity contribution is 7.89. The molecule has 0 bridgehead atoms. The van der Waals surface area contributed by atoms with Crippen molar-refractivity contribution in [3.8, 4) is 0 Å². The number of morpholine rings is 1. The highest BCUT2D eigenvalue weighted by atomic mass is 32.2. The normalized spacial score (nSPS) is 17.7. The van der Waals surface area contributed by atoms with Crippen LogP contribution in [0.3, 0.4) is 0 Å². The van der Waals surface area contributed by atoms with E-state index in [1.165, 1.54) is 4.31 Å². The van der Waals surface area contributed by atoms with Crippen LogP contribution in [0.1, 0.15) is 19.4 Å². The van der Waals surface area contributed by atoms with Crippen molar-refractivity contribution < 1.29 is 17.9 Å². The number of ether oxygens (including phenoxy) is 1. The summed E-state index contributed by atoms with van der Waals surface area (Å²) in [5, 5.41) is 2.76. The smallest absolute Gasteiger partial charge is 0.243 e. The van der Waals surface area contributed by atoms with E-state index in [0.29, 0.717) is 32.8 Å². The maximum Gasteiger partial charge on any atom is 0.243 e. The van der Waals surface area contributed by atoms with Gasteiger partial charge in [0.05, 0.1) is 24.2 Å². The van der Waals surface area contributed by atoms with Gasteiger partial charge < -0.3 is 15.8 Å². The lowest BCUT2D eigenvalue weighted by Gasteiger charge is -2.26. The van der Waals surface area contributed by atoms with Crippen molar-refractivity contribution in [2.45, 2.75) is 31.3 Å². The van der Waals surface area contributed by atoms with E-state index in [0.717, 1.165) is 5.56 Å². The number of hydrogen-bond donors (Lipinski definition) is 2. The van der Waals surface area contributed by atoms with E-state index in [1.807, 2.05) is 13.8 Å². The lowest BCUT2D eigenvalue weighted by Crippen LogP contribution is -2.43. The second-order valence-corrected chi connectivity index (χ2v) is 8.09. The minimum absolute atomic E-state index is 0.0611. The largest absolute Gasteiger partial charge is 0.379 e. The highest BCUT2D eigenvalue weighted by Crippen LogP contribution is 2.17. The van der Waals surface area contributed by atoms with E-state index in [-0.39, 0.29) is 16.7 Å². The number of carbonyl (C=O) groups is 1. The molecule has 3 N–H and O–H groups in total. The van der Waals surface area contributed by atoms with Gasteiger partial charge in [-0.2, -0.15) is 4.31 Å². The summed E-state index contributed by atoms with van der Waals surface area (Å²) >= 11 is 0. The van der Waals surface area contributed by atoms with Gasteiger partial charge in [-0.15, -0.1) is 0 Å². The first-order valence-electron chi connectivity index (χ1n) is 8.02. The molecule has 1 heterocycles. The molecule has 1 saturated heterocycles. The van der Waals surface area contributed by atoms with Crippen molar-refractivity contribution in [2.75, 3.05) is 26.3 Å². The molecule has 134 valence electrons. The molecule has 1 fully saturated rings. The Morgan fingerprint density at radius 2 is 1.83 bits per heavy atom. The Labute approximate surface area is 143 Å². The summed E-state index contributed by atoms with van der Waals surface area (Å²) in [7, 11) is -3.49. The van der Waals surface area contributed by atoms with Crippen molar-refractivity contribution in [2.24, 2.45) is 11.7 Å². The van der Waals surface area contributed by atoms with E-state index >= 15 is 0 Å². The van der Waals surface area contributed by atoms with Crippen LogP contribution in [-0.4, -0.2) is 51.0 Å². The van der Waals surface area contributed by atoms with Crippen molar-refractivity contribution in [3.63, 3.8) is 0 Å². The molecule has 1 aliphatic rings. The summed E-state index contributed by atoms with van der Waals surface area (Å²) in [6, 6.07) is 5.98. The van der Waals surface area contributed by atoms with Gasteiger partial charge in [0.25, 0.3) is 0 Å². The van der Waals surface area contributed by atoms with Crippen LogP contribution in [0.5, 0.6) is 0 Å². The average Bonchev–Trinajstić information content (AvgIpc) is 2.60. The molecule has 2 rings (SSSR count). The predicted molar refractivity (Wildman–Crippen MR) is 90.7 cm³/mol. The van der Waals surface area contributed by atoms with Crippen LogP contribution >= 0.6 is 0 Å². The number of nitrogens with one attached hydrogen (secondary N) is 1. The van der Waals surface area contributed by atoms with Gasteiger partial charge in [0, 0.05) is 19.6 Å². The number of hydrogen-bond acceptors (Lipinski definition) is 5. The molecule has 1 aliphatic heterocycles. The molecular formula is C16H25N3O4S. The molecule has 1 amide bonds. The molecule has 0 aromatic heterocycles. The molecule has 0 unspecified atom stereocenters. The van der Waals surface area contributed by atoms with Crippen LogP contribution in [0.25, 0.3) is 0 Å². The number of nitrogens with zero attached hydrogens (tertiary/aromatic N) is 1. The second-order valence-electron chi connectivity index (χ2n) is 6.15. The molecule has 0 spiro atoms. The Balaban J connectivity index is 1.99. The van der Waals surface area contributed by atoms with E-state index in [2.05, 4.69) is 5.32 Å². The van der Waals surface area contributed by atoms with E-state index in [4.69, 9.17) is 10.5 Å². The minimum Gasteiger partial charge on any atom is -0.379 e. The SMILES string of the molecule is CC(C)[C@H](N)C(=O)NCc1ccc(S(=O)(=O)N2CCOCC2)cc1. The topological polar surface area (TPSA) is 102 Å². The molecule has 1 aromatic rings. The first-order chi connectivity index (χ1) is 11.3. The molecule has 0 aliphatic carbocycles. The van der Waals surface area contributed by atoms with Gasteiger partial charge in [-0.1, -0.05) is 26.0 Å². The summed E-state index contributed by atoms with van der Waals surface area (Å²) in [6.07, 6.45) is 0. The van der Waals surface area contributed by atoms with E-state index < -0.39 is 16.1 Å². The zero-order valence-corrected chi connectivity index (χ0v) is 14.9. The van der Waals surface area contributed by atoms with Gasteiger partial charge >= 0.3 is 0 Å². The molecule has 1 aromatic carbocycles. The van der Waals surface area contributed by atoms with Crippen LogP contribution in [0.15, 0.2) is 29.2 Å².